The molecular weight excluding hydrogens is 537 g/mol. The molecule has 10 nitrogen and oxygen atoms in total. The van der Waals surface area contributed by atoms with Crippen molar-refractivity contribution in [2.24, 2.45) is 0 Å². The van der Waals surface area contributed by atoms with Crippen LogP contribution in [0.1, 0.15) is 60.1 Å². The van der Waals surface area contributed by atoms with Crippen LogP contribution >= 0.6 is 0 Å². The predicted octanol–water partition coefficient (Wildman–Crippen LogP) is 4.22. The van der Waals surface area contributed by atoms with Crippen LogP contribution in [0.5, 0.6) is 5.75 Å². The number of aryl methyl sites for hydroxylation is 1. The molecule has 2 N–H and O–H groups in total. The molecule has 39 heavy (non-hydrogen) atoms. The Balaban J connectivity index is 1.52. The topological polar surface area (TPSA) is 128 Å². The molecule has 0 saturated heterocycles. The van der Waals surface area contributed by atoms with Crippen LogP contribution in [0.15, 0.2) is 36.7 Å². The number of nitrogens with zero attached hydrogens (tertiary/aromatic N) is 4. The van der Waals surface area contributed by atoms with Gasteiger partial charge in [0.15, 0.2) is 5.82 Å². The highest BCUT2D eigenvalue weighted by atomic mass is 32.2. The first-order valence-electron chi connectivity index (χ1n) is 12.2. The number of carbonyl (C=O) groups is 1. The van der Waals surface area contributed by atoms with E-state index in [4.69, 9.17) is 4.74 Å². The van der Waals surface area contributed by atoms with Gasteiger partial charge in [-0.2, -0.15) is 13.2 Å². The molecule has 2 unspecified atom stereocenters. The maximum absolute atomic E-state index is 13.3. The van der Waals surface area contributed by atoms with Gasteiger partial charge in [0.1, 0.15) is 23.6 Å². The minimum absolute atomic E-state index is 0.102. The lowest BCUT2D eigenvalue weighted by Crippen LogP contribution is -2.31. The third-order valence-electron chi connectivity index (χ3n) is 6.36. The number of sulfonamides is 1. The SMILES string of the molecule is COc1cc(C)c(C2CC2NS(=O)(=O)CCC(F)(F)F)cc1C(=O)Nc1cccc(-c2nncn2C(C)C)n1. The summed E-state index contributed by atoms with van der Waals surface area (Å²) in [4.78, 5) is 17.8. The van der Waals surface area contributed by atoms with Crippen LogP contribution in [0.4, 0.5) is 19.0 Å². The van der Waals surface area contributed by atoms with Gasteiger partial charge >= 0.3 is 6.18 Å². The number of nitrogens with one attached hydrogen (secondary N) is 2. The molecule has 2 atom stereocenters. The molecule has 1 amide bonds. The fraction of sp³-hybridized carbons (Fsp3) is 0.440. The Bertz CT molecular complexity index is 1470. The van der Waals surface area contributed by atoms with Crippen LogP contribution in [0.25, 0.3) is 11.5 Å². The number of benzene rings is 1. The molecule has 1 aliphatic carbocycles. The number of rotatable bonds is 10. The highest BCUT2D eigenvalue weighted by Crippen LogP contribution is 2.44. The minimum Gasteiger partial charge on any atom is -0.496 e. The second kappa shape index (κ2) is 10.9. The summed E-state index contributed by atoms with van der Waals surface area (Å²) in [5.41, 5.74) is 2.20. The first kappa shape index (κ1) is 28.5. The van der Waals surface area contributed by atoms with E-state index in [1.807, 2.05) is 18.4 Å². The highest BCUT2D eigenvalue weighted by Gasteiger charge is 2.43. The Morgan fingerprint density at radius 1 is 1.26 bits per heavy atom. The number of carbonyl (C=O) groups excluding carboxylic acids is 1. The number of hydrogen-bond acceptors (Lipinski definition) is 7. The third kappa shape index (κ3) is 6.92. The lowest BCUT2D eigenvalue weighted by molar-refractivity contribution is -0.130. The molecule has 0 bridgehead atoms. The molecule has 2 aromatic heterocycles. The zero-order valence-corrected chi connectivity index (χ0v) is 22.6. The predicted molar refractivity (Wildman–Crippen MR) is 138 cm³/mol. The van der Waals surface area contributed by atoms with E-state index in [1.165, 1.54) is 7.11 Å². The zero-order chi connectivity index (χ0) is 28.5. The first-order chi connectivity index (χ1) is 18.3. The highest BCUT2D eigenvalue weighted by molar-refractivity contribution is 7.89. The van der Waals surface area contributed by atoms with Gasteiger partial charge < -0.3 is 14.6 Å². The molecule has 1 saturated carbocycles. The van der Waals surface area contributed by atoms with E-state index < -0.39 is 40.3 Å². The smallest absolute Gasteiger partial charge is 0.390 e. The van der Waals surface area contributed by atoms with Crippen LogP contribution in [0, 0.1) is 6.92 Å². The lowest BCUT2D eigenvalue weighted by Gasteiger charge is -2.15. The maximum Gasteiger partial charge on any atom is 0.390 e. The summed E-state index contributed by atoms with van der Waals surface area (Å²) in [6.07, 6.45) is -3.98. The van der Waals surface area contributed by atoms with E-state index in [-0.39, 0.29) is 23.3 Å². The van der Waals surface area contributed by atoms with E-state index in [1.54, 1.807) is 43.6 Å². The number of hydrogen-bond donors (Lipinski definition) is 2. The molecule has 4 rings (SSSR count). The van der Waals surface area contributed by atoms with Crippen LogP contribution in [0.2, 0.25) is 0 Å². The van der Waals surface area contributed by atoms with Crippen molar-refractivity contribution in [3.8, 4) is 17.3 Å². The largest absolute Gasteiger partial charge is 0.496 e. The fourth-order valence-electron chi connectivity index (χ4n) is 4.27. The summed E-state index contributed by atoms with van der Waals surface area (Å²) in [6.45, 7) is 5.76. The van der Waals surface area contributed by atoms with Crippen LogP contribution in [-0.2, 0) is 10.0 Å². The third-order valence-corrected chi connectivity index (χ3v) is 7.76. The van der Waals surface area contributed by atoms with Gasteiger partial charge in [-0.25, -0.2) is 18.1 Å². The van der Waals surface area contributed by atoms with Crippen molar-refractivity contribution in [2.75, 3.05) is 18.2 Å². The number of ether oxygens (including phenoxy) is 1. The molecule has 1 aromatic carbocycles. The number of anilines is 1. The summed E-state index contributed by atoms with van der Waals surface area (Å²) >= 11 is 0. The number of aromatic nitrogens is 4. The average molecular weight is 567 g/mol. The molecule has 1 aliphatic rings. The van der Waals surface area contributed by atoms with Crippen molar-refractivity contribution >= 4 is 21.7 Å². The quantitative estimate of drug-likeness (QED) is 0.376. The van der Waals surface area contributed by atoms with E-state index in [0.717, 1.165) is 5.56 Å². The Morgan fingerprint density at radius 2 is 2.00 bits per heavy atom. The standard InChI is InChI=1S/C25H29F3N6O4S/c1-14(2)34-13-29-32-23(34)19-6-5-7-22(30-19)31-24(35)18-11-16(15(3)10-21(18)38-4)17-12-20(17)33-39(36,37)9-8-25(26,27)28/h5-7,10-11,13-14,17,20,33H,8-9,12H2,1-4H3,(H,30,31,35). The van der Waals surface area contributed by atoms with Crippen LogP contribution < -0.4 is 14.8 Å². The van der Waals surface area contributed by atoms with E-state index in [9.17, 15) is 26.4 Å². The number of methoxy groups -OCH3 is 1. The Kier molecular flexibility index (Phi) is 7.98. The minimum atomic E-state index is -4.56. The number of pyridine rings is 1. The molecular formula is C25H29F3N6O4S. The second-order valence-corrected chi connectivity index (χ2v) is 11.6. The van der Waals surface area contributed by atoms with Gasteiger partial charge in [-0.05, 0) is 62.6 Å². The molecule has 3 aromatic rings. The van der Waals surface area contributed by atoms with Crippen LogP contribution in [0.3, 0.4) is 0 Å². The Morgan fingerprint density at radius 3 is 2.67 bits per heavy atom. The number of amides is 1. The lowest BCUT2D eigenvalue weighted by atomic mass is 9.99. The molecule has 2 heterocycles. The summed E-state index contributed by atoms with van der Waals surface area (Å²) in [6, 6.07) is 7.96. The molecule has 14 heteroatoms. The summed E-state index contributed by atoms with van der Waals surface area (Å²) in [7, 11) is -2.68. The van der Waals surface area contributed by atoms with E-state index in [2.05, 4.69) is 25.2 Å². The van der Waals surface area contributed by atoms with E-state index >= 15 is 0 Å². The maximum atomic E-state index is 13.3. The van der Waals surface area contributed by atoms with Gasteiger partial charge in [-0.1, -0.05) is 6.07 Å². The van der Waals surface area contributed by atoms with Crippen molar-refractivity contribution in [2.45, 2.75) is 57.8 Å². The van der Waals surface area contributed by atoms with Gasteiger partial charge in [0.25, 0.3) is 5.91 Å². The van der Waals surface area contributed by atoms with Crippen molar-refractivity contribution in [3.63, 3.8) is 0 Å². The number of halogens is 3. The van der Waals surface area contributed by atoms with Gasteiger partial charge in [-0.15, -0.1) is 10.2 Å². The first-order valence-corrected chi connectivity index (χ1v) is 13.9. The summed E-state index contributed by atoms with van der Waals surface area (Å²) in [5.74, 6) is -0.671. The Labute approximate surface area is 224 Å². The number of alkyl halides is 3. The van der Waals surface area contributed by atoms with Gasteiger partial charge in [0.2, 0.25) is 10.0 Å². The van der Waals surface area contributed by atoms with E-state index in [0.29, 0.717) is 29.3 Å². The summed E-state index contributed by atoms with van der Waals surface area (Å²) in [5, 5.41) is 10.8. The average Bonchev–Trinajstić information content (AvgIpc) is 3.40. The fourth-order valence-corrected chi connectivity index (χ4v) is 5.61. The van der Waals surface area contributed by atoms with Crippen molar-refractivity contribution < 1.29 is 31.1 Å². The van der Waals surface area contributed by atoms with Crippen LogP contribution in [-0.4, -0.2) is 59.2 Å². The van der Waals surface area contributed by atoms with Crippen molar-refractivity contribution in [3.05, 3.63) is 53.3 Å². The monoisotopic (exact) mass is 566 g/mol. The zero-order valence-electron chi connectivity index (χ0n) is 21.8. The molecule has 0 spiro atoms. The van der Waals surface area contributed by atoms with Crippen molar-refractivity contribution in [1.82, 2.24) is 24.5 Å². The Hall–Kier alpha value is -3.52. The normalized spacial score (nSPS) is 17.3. The molecule has 1 fully saturated rings. The van der Waals surface area contributed by atoms with Gasteiger partial charge in [-0.3, -0.25) is 4.79 Å². The summed E-state index contributed by atoms with van der Waals surface area (Å²) < 4.78 is 71.3. The molecule has 210 valence electrons. The molecule has 0 aliphatic heterocycles. The molecule has 0 radical (unpaired) electrons. The van der Waals surface area contributed by atoms with Gasteiger partial charge in [0.05, 0.1) is 24.8 Å². The van der Waals surface area contributed by atoms with Gasteiger partial charge in [0, 0.05) is 18.0 Å². The second-order valence-electron chi connectivity index (χ2n) is 9.68. The van der Waals surface area contributed by atoms with Crippen molar-refractivity contribution in [1.29, 1.82) is 0 Å².